The van der Waals surface area contributed by atoms with E-state index in [9.17, 15) is 0 Å². The van der Waals surface area contributed by atoms with E-state index in [0.29, 0.717) is 11.9 Å². The van der Waals surface area contributed by atoms with Crippen molar-refractivity contribution >= 4 is 11.8 Å². The van der Waals surface area contributed by atoms with Gasteiger partial charge in [-0.15, -0.1) is 0 Å². The van der Waals surface area contributed by atoms with Gasteiger partial charge in [0.1, 0.15) is 11.6 Å². The molecule has 0 aliphatic carbocycles. The molecule has 0 atom stereocenters. The first-order chi connectivity index (χ1) is 11.1. The lowest BCUT2D eigenvalue weighted by atomic mass is 9.97. The minimum Gasteiger partial charge on any atom is -0.356 e. The molecule has 0 spiro atoms. The Morgan fingerprint density at radius 3 is 2.57 bits per heavy atom. The number of rotatable bonds is 4. The van der Waals surface area contributed by atoms with Gasteiger partial charge in [0.15, 0.2) is 0 Å². The van der Waals surface area contributed by atoms with Gasteiger partial charge in [-0.05, 0) is 31.3 Å². The van der Waals surface area contributed by atoms with Crippen molar-refractivity contribution < 1.29 is 4.52 Å². The molecule has 0 bridgehead atoms. The lowest BCUT2D eigenvalue weighted by Crippen LogP contribution is -2.34. The van der Waals surface area contributed by atoms with Crippen LogP contribution in [-0.2, 0) is 6.42 Å². The van der Waals surface area contributed by atoms with Gasteiger partial charge in [0.2, 0.25) is 5.89 Å². The smallest absolute Gasteiger partial charge is 0.265 e. The third kappa shape index (κ3) is 3.43. The molecule has 0 amide bonds. The van der Waals surface area contributed by atoms with E-state index in [1.807, 2.05) is 25.9 Å². The Balaban J connectivity index is 1.67. The molecule has 2 aromatic rings. The summed E-state index contributed by atoms with van der Waals surface area (Å²) in [5.41, 5.74) is 1.10. The first-order valence-corrected chi connectivity index (χ1v) is 8.17. The van der Waals surface area contributed by atoms with Crippen LogP contribution in [0.2, 0.25) is 0 Å². The van der Waals surface area contributed by atoms with Crippen molar-refractivity contribution in [2.75, 3.05) is 37.0 Å². The van der Waals surface area contributed by atoms with E-state index in [2.05, 4.69) is 38.0 Å². The first kappa shape index (κ1) is 15.7. The van der Waals surface area contributed by atoms with Crippen molar-refractivity contribution in [2.45, 2.75) is 39.0 Å². The van der Waals surface area contributed by atoms with Crippen molar-refractivity contribution in [3.8, 4) is 0 Å². The molecule has 0 radical (unpaired) electrons. The fourth-order valence-corrected chi connectivity index (χ4v) is 2.89. The Morgan fingerprint density at radius 2 is 1.96 bits per heavy atom. The van der Waals surface area contributed by atoms with Crippen molar-refractivity contribution in [3.63, 3.8) is 0 Å². The van der Waals surface area contributed by atoms with Crippen LogP contribution >= 0.6 is 0 Å². The highest BCUT2D eigenvalue weighted by molar-refractivity contribution is 5.40. The van der Waals surface area contributed by atoms with Crippen LogP contribution in [0.3, 0.4) is 0 Å². The highest BCUT2D eigenvalue weighted by Crippen LogP contribution is 2.29. The van der Waals surface area contributed by atoms with E-state index < -0.39 is 0 Å². The summed E-state index contributed by atoms with van der Waals surface area (Å²) in [5, 5.41) is 4.01. The lowest BCUT2D eigenvalue weighted by molar-refractivity contribution is 0.329. The van der Waals surface area contributed by atoms with Gasteiger partial charge in [-0.3, -0.25) is 0 Å². The molecule has 2 aromatic heterocycles. The van der Waals surface area contributed by atoms with Gasteiger partial charge in [-0.1, -0.05) is 6.92 Å². The SMILES string of the molecule is CCc1cc(N2CCC(c3nc(N(C)C)no3)CC2)nc(C)n1. The third-order valence-electron chi connectivity index (χ3n) is 4.24. The van der Waals surface area contributed by atoms with Gasteiger partial charge >= 0.3 is 0 Å². The zero-order valence-electron chi connectivity index (χ0n) is 14.3. The Bertz CT molecular complexity index is 660. The van der Waals surface area contributed by atoms with Crippen molar-refractivity contribution in [1.29, 1.82) is 0 Å². The zero-order valence-corrected chi connectivity index (χ0v) is 14.3. The summed E-state index contributed by atoms with van der Waals surface area (Å²) >= 11 is 0. The Hall–Kier alpha value is -2.18. The van der Waals surface area contributed by atoms with E-state index in [-0.39, 0.29) is 0 Å². The Kier molecular flexibility index (Phi) is 4.45. The second-order valence-corrected chi connectivity index (χ2v) is 6.21. The molecule has 3 rings (SSSR count). The van der Waals surface area contributed by atoms with Crippen LogP contribution in [-0.4, -0.2) is 47.3 Å². The summed E-state index contributed by atoms with van der Waals surface area (Å²) in [6.45, 7) is 5.97. The van der Waals surface area contributed by atoms with Crippen molar-refractivity contribution in [2.24, 2.45) is 0 Å². The predicted molar refractivity (Wildman–Crippen MR) is 89.0 cm³/mol. The normalized spacial score (nSPS) is 15.9. The number of piperidine rings is 1. The molecule has 0 N–H and O–H groups in total. The summed E-state index contributed by atoms with van der Waals surface area (Å²) in [4.78, 5) is 17.7. The highest BCUT2D eigenvalue weighted by atomic mass is 16.5. The largest absolute Gasteiger partial charge is 0.356 e. The van der Waals surface area contributed by atoms with Gasteiger partial charge in [0.05, 0.1) is 0 Å². The van der Waals surface area contributed by atoms with Crippen LogP contribution in [0.4, 0.5) is 11.8 Å². The van der Waals surface area contributed by atoms with Crippen LogP contribution in [0, 0.1) is 6.92 Å². The molecular formula is C16H24N6O. The maximum absolute atomic E-state index is 5.42. The Morgan fingerprint density at radius 1 is 1.22 bits per heavy atom. The topological polar surface area (TPSA) is 71.2 Å². The second kappa shape index (κ2) is 6.52. The quantitative estimate of drug-likeness (QED) is 0.856. The van der Waals surface area contributed by atoms with Crippen molar-refractivity contribution in [1.82, 2.24) is 20.1 Å². The molecule has 7 nitrogen and oxygen atoms in total. The minimum atomic E-state index is 0.334. The summed E-state index contributed by atoms with van der Waals surface area (Å²) in [5.74, 6) is 3.60. The van der Waals surface area contributed by atoms with Gasteiger partial charge in [0.25, 0.3) is 5.95 Å². The number of hydrogen-bond donors (Lipinski definition) is 0. The molecule has 1 fully saturated rings. The van der Waals surface area contributed by atoms with Crippen LogP contribution in [0.1, 0.15) is 43.1 Å². The number of anilines is 2. The molecule has 0 saturated carbocycles. The fourth-order valence-electron chi connectivity index (χ4n) is 2.89. The highest BCUT2D eigenvalue weighted by Gasteiger charge is 2.26. The molecule has 124 valence electrons. The molecule has 1 aliphatic heterocycles. The molecule has 1 saturated heterocycles. The van der Waals surface area contributed by atoms with Gasteiger partial charge in [0, 0.05) is 44.9 Å². The molecule has 7 heteroatoms. The summed E-state index contributed by atoms with van der Waals surface area (Å²) < 4.78 is 5.42. The summed E-state index contributed by atoms with van der Waals surface area (Å²) in [7, 11) is 3.83. The van der Waals surface area contributed by atoms with Crippen LogP contribution in [0.15, 0.2) is 10.6 Å². The zero-order chi connectivity index (χ0) is 16.4. The maximum Gasteiger partial charge on any atom is 0.265 e. The van der Waals surface area contributed by atoms with Crippen molar-refractivity contribution in [3.05, 3.63) is 23.5 Å². The van der Waals surface area contributed by atoms with Gasteiger partial charge in [-0.2, -0.15) is 4.98 Å². The maximum atomic E-state index is 5.42. The second-order valence-electron chi connectivity index (χ2n) is 6.21. The van der Waals surface area contributed by atoms with Crippen LogP contribution in [0.5, 0.6) is 0 Å². The fraction of sp³-hybridized carbons (Fsp3) is 0.625. The predicted octanol–water partition coefficient (Wildman–Crippen LogP) is 2.18. The average Bonchev–Trinajstić information content (AvgIpc) is 3.04. The lowest BCUT2D eigenvalue weighted by Gasteiger charge is -2.31. The molecule has 1 aliphatic rings. The minimum absolute atomic E-state index is 0.334. The number of aromatic nitrogens is 4. The number of nitrogens with zero attached hydrogens (tertiary/aromatic N) is 6. The third-order valence-corrected chi connectivity index (χ3v) is 4.24. The van der Waals surface area contributed by atoms with E-state index in [0.717, 1.165) is 55.6 Å². The summed E-state index contributed by atoms with van der Waals surface area (Å²) in [6, 6.07) is 2.10. The monoisotopic (exact) mass is 316 g/mol. The van der Waals surface area contributed by atoms with Crippen LogP contribution < -0.4 is 9.80 Å². The Labute approximate surface area is 136 Å². The summed E-state index contributed by atoms with van der Waals surface area (Å²) in [6.07, 6.45) is 2.93. The molecule has 0 aromatic carbocycles. The van der Waals surface area contributed by atoms with E-state index in [1.165, 1.54) is 0 Å². The molecule has 3 heterocycles. The van der Waals surface area contributed by atoms with Gasteiger partial charge in [-0.25, -0.2) is 9.97 Å². The van der Waals surface area contributed by atoms with E-state index >= 15 is 0 Å². The molecular weight excluding hydrogens is 292 g/mol. The standard InChI is InChI=1S/C16H24N6O/c1-5-13-10-14(18-11(2)17-13)22-8-6-12(7-9-22)15-19-16(20-23-15)21(3)4/h10,12H,5-9H2,1-4H3. The number of hydrogen-bond acceptors (Lipinski definition) is 7. The van der Waals surface area contributed by atoms with Gasteiger partial charge < -0.3 is 14.3 Å². The first-order valence-electron chi connectivity index (χ1n) is 8.17. The van der Waals surface area contributed by atoms with E-state index in [4.69, 9.17) is 4.52 Å². The van der Waals surface area contributed by atoms with Crippen LogP contribution in [0.25, 0.3) is 0 Å². The van der Waals surface area contributed by atoms with E-state index in [1.54, 1.807) is 0 Å². The molecule has 0 unspecified atom stereocenters. The molecule has 23 heavy (non-hydrogen) atoms. The average molecular weight is 316 g/mol. The number of aryl methyl sites for hydroxylation is 2.